The number of rotatable bonds is 4. The van der Waals surface area contributed by atoms with Crippen LogP contribution in [0.25, 0.3) is 0 Å². The fraction of sp³-hybridized carbons (Fsp3) is 0.500. The first-order valence-electron chi connectivity index (χ1n) is 5.23. The van der Waals surface area contributed by atoms with Crippen LogP contribution in [-0.2, 0) is 14.5 Å². The molecule has 0 bridgehead atoms. The Morgan fingerprint density at radius 3 is 2.35 bits per heavy atom. The zero-order valence-corrected chi connectivity index (χ0v) is 12.0. The minimum Gasteiger partial charge on any atom is -0.496 e. The third-order valence-electron chi connectivity index (χ3n) is 2.71. The molecule has 1 aromatic rings. The first kappa shape index (κ1) is 14.3. The quantitative estimate of drug-likeness (QED) is 0.794. The summed E-state index contributed by atoms with van der Waals surface area (Å²) in [6.07, 6.45) is 0. The van der Waals surface area contributed by atoms with Crippen molar-refractivity contribution in [2.45, 2.75) is 26.2 Å². The van der Waals surface area contributed by atoms with E-state index in [4.69, 9.17) is 15.4 Å². The molecule has 0 aliphatic carbocycles. The third kappa shape index (κ3) is 3.89. The molecule has 17 heavy (non-hydrogen) atoms. The Morgan fingerprint density at radius 1 is 1.35 bits per heavy atom. The molecule has 0 heterocycles. The van der Waals surface area contributed by atoms with Gasteiger partial charge in [-0.1, -0.05) is 26.0 Å². The zero-order chi connectivity index (χ0) is 13.3. The normalized spacial score (nSPS) is 12.5. The van der Waals surface area contributed by atoms with Gasteiger partial charge >= 0.3 is 0 Å². The van der Waals surface area contributed by atoms with Crippen LogP contribution in [0.2, 0.25) is 0 Å². The number of hydrogen-bond donors (Lipinski definition) is 0. The van der Waals surface area contributed by atoms with Gasteiger partial charge in [0.05, 0.1) is 12.9 Å². The second kappa shape index (κ2) is 4.86. The zero-order valence-electron chi connectivity index (χ0n) is 10.5. The third-order valence-corrected chi connectivity index (χ3v) is 4.10. The van der Waals surface area contributed by atoms with Crippen molar-refractivity contribution in [1.29, 1.82) is 0 Å². The highest BCUT2D eigenvalue weighted by Crippen LogP contribution is 2.29. The summed E-state index contributed by atoms with van der Waals surface area (Å²) in [5.74, 6) is 0.700. The molecule has 0 fully saturated rings. The van der Waals surface area contributed by atoms with Crippen LogP contribution in [0.3, 0.4) is 0 Å². The van der Waals surface area contributed by atoms with Crippen LogP contribution in [-0.4, -0.2) is 21.3 Å². The molecule has 0 radical (unpaired) electrons. The summed E-state index contributed by atoms with van der Waals surface area (Å²) in [5.41, 5.74) is 1.39. The van der Waals surface area contributed by atoms with Gasteiger partial charge in [-0.15, -0.1) is 0 Å². The first-order valence-corrected chi connectivity index (χ1v) is 7.71. The van der Waals surface area contributed by atoms with E-state index < -0.39 is 14.5 Å². The molecule has 1 aromatic carbocycles. The minimum atomic E-state index is -3.52. The highest BCUT2D eigenvalue weighted by atomic mass is 35.7. The Kier molecular flexibility index (Phi) is 4.10. The van der Waals surface area contributed by atoms with Gasteiger partial charge in [-0.25, -0.2) is 8.42 Å². The van der Waals surface area contributed by atoms with Gasteiger partial charge in [-0.3, -0.25) is 0 Å². The number of halogens is 1. The molecular formula is C12H17ClO3S. The van der Waals surface area contributed by atoms with Gasteiger partial charge in [0.25, 0.3) is 0 Å². The first-order chi connectivity index (χ1) is 7.65. The van der Waals surface area contributed by atoms with Crippen molar-refractivity contribution < 1.29 is 13.2 Å². The molecular weight excluding hydrogens is 260 g/mol. The van der Waals surface area contributed by atoms with E-state index >= 15 is 0 Å². The Hall–Kier alpha value is -0.740. The van der Waals surface area contributed by atoms with Gasteiger partial charge in [0.1, 0.15) is 5.75 Å². The Bertz CT molecular complexity index is 506. The van der Waals surface area contributed by atoms with Crippen LogP contribution >= 0.6 is 10.7 Å². The van der Waals surface area contributed by atoms with Crippen LogP contribution < -0.4 is 4.74 Å². The highest BCUT2D eigenvalue weighted by Gasteiger charge is 2.27. The number of methoxy groups -OCH3 is 1. The van der Waals surface area contributed by atoms with Crippen molar-refractivity contribution in [2.24, 2.45) is 0 Å². The van der Waals surface area contributed by atoms with Crippen LogP contribution in [0.5, 0.6) is 5.75 Å². The SMILES string of the molecule is COc1ccc(C(C)(C)CS(=O)(=O)Cl)cc1C. The molecule has 0 aliphatic heterocycles. The average molecular weight is 277 g/mol. The molecule has 1 rings (SSSR count). The molecule has 0 saturated carbocycles. The Morgan fingerprint density at radius 2 is 1.94 bits per heavy atom. The second-order valence-corrected chi connectivity index (χ2v) is 7.53. The van der Waals surface area contributed by atoms with Crippen molar-refractivity contribution in [3.05, 3.63) is 29.3 Å². The van der Waals surface area contributed by atoms with Gasteiger partial charge in [-0.05, 0) is 24.1 Å². The van der Waals surface area contributed by atoms with E-state index in [1.807, 2.05) is 39.0 Å². The molecule has 96 valence electrons. The predicted octanol–water partition coefficient (Wildman–Crippen LogP) is 2.85. The maximum Gasteiger partial charge on any atom is 0.233 e. The summed E-state index contributed by atoms with van der Waals surface area (Å²) in [6, 6.07) is 5.64. The fourth-order valence-electron chi connectivity index (χ4n) is 1.81. The molecule has 0 amide bonds. The molecule has 5 heteroatoms. The lowest BCUT2D eigenvalue weighted by Crippen LogP contribution is -2.26. The average Bonchev–Trinajstić information content (AvgIpc) is 2.13. The van der Waals surface area contributed by atoms with E-state index in [0.717, 1.165) is 16.9 Å². The smallest absolute Gasteiger partial charge is 0.233 e. The minimum absolute atomic E-state index is 0.0900. The summed E-state index contributed by atoms with van der Waals surface area (Å²) in [4.78, 5) is 0. The largest absolute Gasteiger partial charge is 0.496 e. The summed E-state index contributed by atoms with van der Waals surface area (Å²) < 4.78 is 27.5. The van der Waals surface area contributed by atoms with Crippen LogP contribution in [0.4, 0.5) is 0 Å². The van der Waals surface area contributed by atoms with Crippen molar-refractivity contribution >= 4 is 19.7 Å². The molecule has 0 aliphatic rings. The predicted molar refractivity (Wildman–Crippen MR) is 70.4 cm³/mol. The number of benzene rings is 1. The lowest BCUT2D eigenvalue weighted by molar-refractivity contribution is 0.411. The van der Waals surface area contributed by atoms with E-state index in [1.165, 1.54) is 0 Å². The maximum absolute atomic E-state index is 11.2. The van der Waals surface area contributed by atoms with Crippen LogP contribution in [0.1, 0.15) is 25.0 Å². The van der Waals surface area contributed by atoms with Gasteiger partial charge in [0.2, 0.25) is 9.05 Å². The Balaban J connectivity index is 3.11. The number of aryl methyl sites for hydroxylation is 1. The molecule has 0 unspecified atom stereocenters. The standard InChI is InChI=1S/C12H17ClO3S/c1-9-7-10(5-6-11(9)16-4)12(2,3)8-17(13,14)15/h5-7H,8H2,1-4H3. The van der Waals surface area contributed by atoms with Crippen molar-refractivity contribution in [3.63, 3.8) is 0 Å². The van der Waals surface area contributed by atoms with Gasteiger partial charge < -0.3 is 4.74 Å². The second-order valence-electron chi connectivity index (χ2n) is 4.75. The molecule has 0 N–H and O–H groups in total. The van der Waals surface area contributed by atoms with Gasteiger partial charge in [0.15, 0.2) is 0 Å². The maximum atomic E-state index is 11.2. The van der Waals surface area contributed by atoms with E-state index in [2.05, 4.69) is 0 Å². The molecule has 0 spiro atoms. The monoisotopic (exact) mass is 276 g/mol. The van der Waals surface area contributed by atoms with Gasteiger partial charge in [-0.2, -0.15) is 0 Å². The fourth-order valence-corrected chi connectivity index (χ4v) is 3.66. The van der Waals surface area contributed by atoms with Gasteiger partial charge in [0, 0.05) is 16.1 Å². The van der Waals surface area contributed by atoms with Crippen LogP contribution in [0.15, 0.2) is 18.2 Å². The molecule has 0 aromatic heterocycles. The van der Waals surface area contributed by atoms with E-state index in [-0.39, 0.29) is 5.75 Å². The highest BCUT2D eigenvalue weighted by molar-refractivity contribution is 8.13. The van der Waals surface area contributed by atoms with E-state index in [1.54, 1.807) is 7.11 Å². The molecule has 3 nitrogen and oxygen atoms in total. The lowest BCUT2D eigenvalue weighted by Gasteiger charge is -2.24. The summed E-state index contributed by atoms with van der Waals surface area (Å²) in [6.45, 7) is 5.63. The van der Waals surface area contributed by atoms with E-state index in [9.17, 15) is 8.42 Å². The topological polar surface area (TPSA) is 43.4 Å². The van der Waals surface area contributed by atoms with Crippen LogP contribution in [0, 0.1) is 6.92 Å². The van der Waals surface area contributed by atoms with Crippen molar-refractivity contribution in [1.82, 2.24) is 0 Å². The summed E-state index contributed by atoms with van der Waals surface area (Å²) >= 11 is 0. The number of hydrogen-bond acceptors (Lipinski definition) is 3. The van der Waals surface area contributed by atoms with E-state index in [0.29, 0.717) is 0 Å². The summed E-state index contributed by atoms with van der Waals surface area (Å²) in [7, 11) is 3.40. The van der Waals surface area contributed by atoms with Crippen molar-refractivity contribution in [3.8, 4) is 5.75 Å². The molecule has 0 saturated heterocycles. The summed E-state index contributed by atoms with van der Waals surface area (Å²) in [5, 5.41) is 0. The lowest BCUT2D eigenvalue weighted by atomic mass is 9.86. The van der Waals surface area contributed by atoms with Crippen molar-refractivity contribution in [2.75, 3.05) is 12.9 Å². The number of ether oxygens (including phenoxy) is 1. The molecule has 0 atom stereocenters. The Labute approximate surface area is 107 Å².